The first kappa shape index (κ1) is 17.2. The van der Waals surface area contributed by atoms with E-state index >= 15 is 0 Å². The lowest BCUT2D eigenvalue weighted by Gasteiger charge is -2.19. The molecule has 2 amide bonds. The zero-order chi connectivity index (χ0) is 18.8. The van der Waals surface area contributed by atoms with Crippen molar-refractivity contribution in [1.82, 2.24) is 9.78 Å². The molecular formula is C18H16N4O4S. The number of anilines is 2. The Morgan fingerprint density at radius 1 is 1.22 bits per heavy atom. The second-order valence-corrected chi connectivity index (χ2v) is 6.97. The fourth-order valence-electron chi connectivity index (χ4n) is 2.95. The number of para-hydroxylation sites is 2. The molecule has 0 spiro atoms. The third kappa shape index (κ3) is 3.54. The van der Waals surface area contributed by atoms with Gasteiger partial charge in [0.2, 0.25) is 11.8 Å². The van der Waals surface area contributed by atoms with Crippen molar-refractivity contribution >= 4 is 34.5 Å². The average molecular weight is 384 g/mol. The molecule has 1 aromatic carbocycles. The lowest BCUT2D eigenvalue weighted by atomic mass is 10.2. The van der Waals surface area contributed by atoms with Gasteiger partial charge in [-0.05, 0) is 30.0 Å². The van der Waals surface area contributed by atoms with Gasteiger partial charge < -0.3 is 14.6 Å². The molecule has 4 rings (SSSR count). The molecule has 0 saturated carbocycles. The highest BCUT2D eigenvalue weighted by molar-refractivity contribution is 7.13. The van der Waals surface area contributed by atoms with E-state index in [1.54, 1.807) is 29.2 Å². The lowest BCUT2D eigenvalue weighted by molar-refractivity contribution is -0.118. The molecule has 1 saturated heterocycles. The van der Waals surface area contributed by atoms with Crippen LogP contribution < -0.4 is 16.0 Å². The second-order valence-electron chi connectivity index (χ2n) is 6.02. The topological polar surface area (TPSA) is 97.4 Å². The van der Waals surface area contributed by atoms with Gasteiger partial charge in [-0.1, -0.05) is 18.2 Å². The summed E-state index contributed by atoms with van der Waals surface area (Å²) in [6.07, 6.45) is 1.29. The van der Waals surface area contributed by atoms with Crippen LogP contribution in [0.5, 0.6) is 0 Å². The minimum Gasteiger partial charge on any atom is -0.387 e. The van der Waals surface area contributed by atoms with E-state index in [0.717, 1.165) is 11.1 Å². The molecule has 27 heavy (non-hydrogen) atoms. The van der Waals surface area contributed by atoms with Crippen molar-refractivity contribution in [3.8, 4) is 10.8 Å². The summed E-state index contributed by atoms with van der Waals surface area (Å²) in [6, 6.07) is 10.7. The summed E-state index contributed by atoms with van der Waals surface area (Å²) in [7, 11) is 0. The van der Waals surface area contributed by atoms with Gasteiger partial charge in [-0.25, -0.2) is 4.79 Å². The first-order valence-corrected chi connectivity index (χ1v) is 9.31. The maximum absolute atomic E-state index is 12.4. The number of carbonyl (C=O) groups excluding carboxylic acids is 2. The SMILES string of the molecule is O=C(Cn1nc(-c2cccs2)oc1=O)Nc1ccccc1N1CCCC1=O. The van der Waals surface area contributed by atoms with Gasteiger partial charge >= 0.3 is 5.76 Å². The van der Waals surface area contributed by atoms with Crippen molar-refractivity contribution in [1.29, 1.82) is 0 Å². The van der Waals surface area contributed by atoms with Crippen molar-refractivity contribution in [2.75, 3.05) is 16.8 Å². The zero-order valence-corrected chi connectivity index (χ0v) is 15.1. The summed E-state index contributed by atoms with van der Waals surface area (Å²) in [5.74, 6) is -0.908. The maximum Gasteiger partial charge on any atom is 0.437 e. The third-order valence-corrected chi connectivity index (χ3v) is 5.03. The highest BCUT2D eigenvalue weighted by atomic mass is 32.1. The number of thiophene rings is 1. The Kier molecular flexibility index (Phi) is 4.59. The fourth-order valence-corrected chi connectivity index (χ4v) is 3.59. The molecule has 0 atom stereocenters. The molecule has 1 fully saturated rings. The van der Waals surface area contributed by atoms with E-state index in [9.17, 15) is 14.4 Å². The molecule has 0 radical (unpaired) electrons. The van der Waals surface area contributed by atoms with Gasteiger partial charge in [0.15, 0.2) is 0 Å². The summed E-state index contributed by atoms with van der Waals surface area (Å²) in [5, 5.41) is 8.67. The van der Waals surface area contributed by atoms with Gasteiger partial charge in [0.25, 0.3) is 5.89 Å². The van der Waals surface area contributed by atoms with Crippen LogP contribution in [0.15, 0.2) is 51.0 Å². The van der Waals surface area contributed by atoms with Crippen molar-refractivity contribution in [2.45, 2.75) is 19.4 Å². The highest BCUT2D eigenvalue weighted by Crippen LogP contribution is 2.29. The van der Waals surface area contributed by atoms with Crippen molar-refractivity contribution in [3.05, 3.63) is 52.3 Å². The van der Waals surface area contributed by atoms with Crippen LogP contribution in [0.25, 0.3) is 10.8 Å². The number of hydrogen-bond donors (Lipinski definition) is 1. The van der Waals surface area contributed by atoms with E-state index in [0.29, 0.717) is 29.2 Å². The molecule has 8 nitrogen and oxygen atoms in total. The summed E-state index contributed by atoms with van der Waals surface area (Å²) in [5.41, 5.74) is 1.17. The fraction of sp³-hybridized carbons (Fsp3) is 0.222. The van der Waals surface area contributed by atoms with Crippen LogP contribution in [-0.4, -0.2) is 28.1 Å². The van der Waals surface area contributed by atoms with Crippen molar-refractivity contribution < 1.29 is 14.0 Å². The van der Waals surface area contributed by atoms with E-state index in [1.807, 2.05) is 17.5 Å². The van der Waals surface area contributed by atoms with Crippen LogP contribution in [-0.2, 0) is 16.1 Å². The van der Waals surface area contributed by atoms with Crippen LogP contribution in [0.3, 0.4) is 0 Å². The smallest absolute Gasteiger partial charge is 0.387 e. The zero-order valence-electron chi connectivity index (χ0n) is 14.3. The molecule has 9 heteroatoms. The van der Waals surface area contributed by atoms with Gasteiger partial charge in [0, 0.05) is 13.0 Å². The van der Waals surface area contributed by atoms with Gasteiger partial charge in [0.05, 0.1) is 16.3 Å². The minimum atomic E-state index is -0.698. The largest absolute Gasteiger partial charge is 0.437 e. The summed E-state index contributed by atoms with van der Waals surface area (Å²) >= 11 is 1.39. The molecule has 1 N–H and O–H groups in total. The Balaban J connectivity index is 1.51. The monoisotopic (exact) mass is 384 g/mol. The molecular weight excluding hydrogens is 368 g/mol. The van der Waals surface area contributed by atoms with Crippen LogP contribution in [0.4, 0.5) is 11.4 Å². The van der Waals surface area contributed by atoms with Gasteiger partial charge in [-0.15, -0.1) is 16.4 Å². The average Bonchev–Trinajstić information content (AvgIpc) is 3.38. The maximum atomic E-state index is 12.4. The molecule has 2 aromatic heterocycles. The van der Waals surface area contributed by atoms with Gasteiger partial charge in [0.1, 0.15) is 6.54 Å². The van der Waals surface area contributed by atoms with Crippen LogP contribution in [0, 0.1) is 0 Å². The van der Waals surface area contributed by atoms with E-state index in [4.69, 9.17) is 4.42 Å². The number of benzene rings is 1. The standard InChI is InChI=1S/C18H16N4O4S/c23-15(11-22-18(25)26-17(20-22)14-7-4-10-27-14)19-12-5-1-2-6-13(12)21-9-3-8-16(21)24/h1-2,4-7,10H,3,8-9,11H2,(H,19,23). The van der Waals surface area contributed by atoms with Crippen molar-refractivity contribution in [2.24, 2.45) is 0 Å². The summed E-state index contributed by atoms with van der Waals surface area (Å²) in [4.78, 5) is 38.8. The Bertz CT molecular complexity index is 1040. The van der Waals surface area contributed by atoms with Gasteiger partial charge in [-0.3, -0.25) is 9.59 Å². The number of aromatic nitrogens is 2. The molecule has 0 unspecified atom stereocenters. The first-order valence-electron chi connectivity index (χ1n) is 8.43. The molecule has 0 bridgehead atoms. The first-order chi connectivity index (χ1) is 13.1. The third-order valence-electron chi connectivity index (χ3n) is 4.17. The number of hydrogen-bond acceptors (Lipinski definition) is 6. The van der Waals surface area contributed by atoms with Gasteiger partial charge in [-0.2, -0.15) is 4.68 Å². The van der Waals surface area contributed by atoms with E-state index in [1.165, 1.54) is 11.3 Å². The number of nitrogens with one attached hydrogen (secondary N) is 1. The second kappa shape index (κ2) is 7.20. The highest BCUT2D eigenvalue weighted by Gasteiger charge is 2.24. The van der Waals surface area contributed by atoms with E-state index in [-0.39, 0.29) is 18.3 Å². The molecule has 3 heterocycles. The van der Waals surface area contributed by atoms with E-state index in [2.05, 4.69) is 10.4 Å². The summed E-state index contributed by atoms with van der Waals surface area (Å²) in [6.45, 7) is 0.342. The summed E-state index contributed by atoms with van der Waals surface area (Å²) < 4.78 is 6.08. The normalized spacial score (nSPS) is 13.9. The Hall–Kier alpha value is -3.20. The molecule has 1 aliphatic rings. The Morgan fingerprint density at radius 3 is 2.81 bits per heavy atom. The van der Waals surface area contributed by atoms with Crippen LogP contribution >= 0.6 is 11.3 Å². The van der Waals surface area contributed by atoms with Crippen LogP contribution in [0.1, 0.15) is 12.8 Å². The lowest BCUT2D eigenvalue weighted by Crippen LogP contribution is -2.28. The quantitative estimate of drug-likeness (QED) is 0.728. The number of carbonyl (C=O) groups is 2. The number of rotatable bonds is 5. The Morgan fingerprint density at radius 2 is 2.07 bits per heavy atom. The molecule has 3 aromatic rings. The predicted octanol–water partition coefficient (Wildman–Crippen LogP) is 2.33. The van der Waals surface area contributed by atoms with Crippen molar-refractivity contribution in [3.63, 3.8) is 0 Å². The number of amides is 2. The van der Waals surface area contributed by atoms with E-state index < -0.39 is 11.7 Å². The predicted molar refractivity (Wildman–Crippen MR) is 101 cm³/mol. The molecule has 138 valence electrons. The Labute approximate surface area is 158 Å². The molecule has 0 aliphatic carbocycles. The molecule has 1 aliphatic heterocycles. The number of nitrogens with zero attached hydrogens (tertiary/aromatic N) is 3. The minimum absolute atomic E-state index is 0.0324. The van der Waals surface area contributed by atoms with Crippen LogP contribution in [0.2, 0.25) is 0 Å².